The highest BCUT2D eigenvalue weighted by molar-refractivity contribution is 7.09. The molecule has 2 amide bonds. The quantitative estimate of drug-likeness (QED) is 0.296. The number of aromatic nitrogens is 2. The maximum absolute atomic E-state index is 13.6. The van der Waals surface area contributed by atoms with E-state index in [0.29, 0.717) is 37.1 Å². The van der Waals surface area contributed by atoms with Crippen LogP contribution in [0.3, 0.4) is 0 Å². The summed E-state index contributed by atoms with van der Waals surface area (Å²) in [5.74, 6) is 1.44. The summed E-state index contributed by atoms with van der Waals surface area (Å²) in [5, 5.41) is 5.18. The third-order valence-corrected chi connectivity index (χ3v) is 8.66. The fourth-order valence-electron chi connectivity index (χ4n) is 5.84. The summed E-state index contributed by atoms with van der Waals surface area (Å²) in [4.78, 5) is 35.3. The van der Waals surface area contributed by atoms with Crippen molar-refractivity contribution in [1.29, 1.82) is 0 Å². The number of methoxy groups -OCH3 is 1. The zero-order chi connectivity index (χ0) is 27.9. The maximum atomic E-state index is 13.6. The second-order valence-electron chi connectivity index (χ2n) is 11.2. The topological polar surface area (TPSA) is 76.5 Å². The average molecular weight is 553 g/mol. The van der Waals surface area contributed by atoms with Crippen LogP contribution >= 0.6 is 11.3 Å². The first kappa shape index (κ1) is 29.3. The van der Waals surface area contributed by atoms with E-state index in [0.717, 1.165) is 55.5 Å². The highest BCUT2D eigenvalue weighted by Gasteiger charge is 2.31. The molecule has 1 unspecified atom stereocenters. The number of nitrogens with one attached hydrogen (secondary N) is 1. The van der Waals surface area contributed by atoms with Crippen LogP contribution in [-0.2, 0) is 16.0 Å². The van der Waals surface area contributed by atoms with Gasteiger partial charge in [0, 0.05) is 43.1 Å². The minimum Gasteiger partial charge on any atom is -0.384 e. The van der Waals surface area contributed by atoms with Crippen molar-refractivity contribution in [2.24, 2.45) is 11.8 Å². The molecule has 1 aliphatic rings. The first-order chi connectivity index (χ1) is 18.8. The van der Waals surface area contributed by atoms with Crippen molar-refractivity contribution < 1.29 is 14.3 Å². The zero-order valence-corrected chi connectivity index (χ0v) is 24.9. The van der Waals surface area contributed by atoms with Crippen LogP contribution in [0.2, 0.25) is 0 Å². The van der Waals surface area contributed by atoms with Crippen molar-refractivity contribution in [3.63, 3.8) is 0 Å². The van der Waals surface area contributed by atoms with Crippen LogP contribution in [0.1, 0.15) is 86.9 Å². The van der Waals surface area contributed by atoms with E-state index in [2.05, 4.69) is 55.1 Å². The molecule has 0 saturated carbocycles. The Balaban J connectivity index is 1.58. The number of hydrogen-bond acceptors (Lipinski definition) is 5. The maximum Gasteiger partial charge on any atom is 0.252 e. The molecule has 0 spiro atoms. The number of ether oxygens (including phenoxy) is 1. The van der Waals surface area contributed by atoms with Gasteiger partial charge in [-0.1, -0.05) is 33.8 Å². The summed E-state index contributed by atoms with van der Waals surface area (Å²) in [6, 6.07) is 9.80. The van der Waals surface area contributed by atoms with Crippen molar-refractivity contribution >= 4 is 34.2 Å². The van der Waals surface area contributed by atoms with E-state index in [9.17, 15) is 9.59 Å². The molecule has 7 nitrogen and oxygen atoms in total. The molecule has 1 fully saturated rings. The number of piperidine rings is 1. The summed E-state index contributed by atoms with van der Waals surface area (Å²) in [6.07, 6.45) is 5.44. The predicted octanol–water partition coefficient (Wildman–Crippen LogP) is 6.08. The number of hydrogen-bond donors (Lipinski definition) is 1. The molecular formula is C31H44N4O3S. The molecule has 3 aromatic rings. The molecule has 1 aromatic carbocycles. The minimum atomic E-state index is -0.550. The Morgan fingerprint density at radius 3 is 2.67 bits per heavy atom. The predicted molar refractivity (Wildman–Crippen MR) is 158 cm³/mol. The van der Waals surface area contributed by atoms with Crippen LogP contribution in [-0.4, -0.2) is 59.1 Å². The number of rotatable bonds is 12. The van der Waals surface area contributed by atoms with E-state index in [4.69, 9.17) is 9.72 Å². The Morgan fingerprint density at radius 2 is 2.00 bits per heavy atom. The molecule has 2 atom stereocenters. The molecule has 1 saturated heterocycles. The number of thiophene rings is 1. The van der Waals surface area contributed by atoms with Crippen LogP contribution < -0.4 is 5.32 Å². The number of fused-ring (bicyclic) bond motifs is 1. The van der Waals surface area contributed by atoms with E-state index in [1.807, 2.05) is 23.1 Å². The molecule has 1 N–H and O–H groups in total. The van der Waals surface area contributed by atoms with E-state index >= 15 is 0 Å². The molecular weight excluding hydrogens is 508 g/mol. The Labute approximate surface area is 236 Å². The molecule has 0 bridgehead atoms. The van der Waals surface area contributed by atoms with Crippen LogP contribution in [0.25, 0.3) is 11.0 Å². The van der Waals surface area contributed by atoms with Gasteiger partial charge in [0.15, 0.2) is 0 Å². The third kappa shape index (κ3) is 7.09. The van der Waals surface area contributed by atoms with Gasteiger partial charge in [0.1, 0.15) is 11.9 Å². The van der Waals surface area contributed by atoms with Gasteiger partial charge in [-0.25, -0.2) is 4.98 Å². The van der Waals surface area contributed by atoms with Crippen LogP contribution in [0.4, 0.5) is 0 Å². The third-order valence-electron chi connectivity index (χ3n) is 7.79. The Morgan fingerprint density at radius 1 is 1.21 bits per heavy atom. The number of carbonyl (C=O) groups excluding carboxylic acids is 2. The largest absolute Gasteiger partial charge is 0.384 e. The van der Waals surface area contributed by atoms with E-state index < -0.39 is 6.04 Å². The van der Waals surface area contributed by atoms with E-state index in [-0.39, 0.29) is 17.7 Å². The van der Waals surface area contributed by atoms with Crippen molar-refractivity contribution in [2.45, 2.75) is 78.3 Å². The molecule has 0 aliphatic carbocycles. The Hall–Kier alpha value is -2.71. The molecule has 212 valence electrons. The smallest absolute Gasteiger partial charge is 0.252 e. The Bertz CT molecular complexity index is 1230. The number of amides is 2. The Kier molecular flexibility index (Phi) is 10.2. The first-order valence-corrected chi connectivity index (χ1v) is 15.3. The number of likely N-dealkylation sites (tertiary alicyclic amines) is 1. The average Bonchev–Trinajstić information content (AvgIpc) is 3.56. The highest BCUT2D eigenvalue weighted by atomic mass is 32.1. The summed E-state index contributed by atoms with van der Waals surface area (Å²) in [7, 11) is 1.71. The lowest BCUT2D eigenvalue weighted by atomic mass is 9.96. The standard InChI is InChI=1S/C31H44N4O3S/c1-6-24(7-2)35-28-13-12-23(17-26(28)32-29(35)18-25-11-9-15-39-25)30(36)33-27(16-21(3)4)31(37)34-14-8-10-22(19-34)20-38-5/h9,11-13,15,17,21-22,24,27H,6-8,10,14,16,18-20H2,1-5H3,(H,33,36)/t22?,27-/m0/s1. The number of benzene rings is 1. The zero-order valence-electron chi connectivity index (χ0n) is 24.1. The number of carbonyl (C=O) groups is 2. The van der Waals surface area contributed by atoms with E-state index in [1.165, 1.54) is 4.88 Å². The van der Waals surface area contributed by atoms with Gasteiger partial charge in [-0.2, -0.15) is 0 Å². The van der Waals surface area contributed by atoms with Crippen molar-refractivity contribution in [3.8, 4) is 0 Å². The van der Waals surface area contributed by atoms with Gasteiger partial charge in [-0.05, 0) is 73.6 Å². The molecule has 1 aliphatic heterocycles. The van der Waals surface area contributed by atoms with Gasteiger partial charge in [0.05, 0.1) is 17.6 Å². The first-order valence-electron chi connectivity index (χ1n) is 14.5. The monoisotopic (exact) mass is 552 g/mol. The van der Waals surface area contributed by atoms with Crippen molar-refractivity contribution in [3.05, 3.63) is 52.0 Å². The minimum absolute atomic E-state index is 0.00942. The van der Waals surface area contributed by atoms with Gasteiger partial charge in [-0.15, -0.1) is 11.3 Å². The number of imidazole rings is 1. The fraction of sp³-hybridized carbons (Fsp3) is 0.581. The fourth-order valence-corrected chi connectivity index (χ4v) is 6.54. The molecule has 3 heterocycles. The highest BCUT2D eigenvalue weighted by Crippen LogP contribution is 2.28. The van der Waals surface area contributed by atoms with Gasteiger partial charge in [0.2, 0.25) is 5.91 Å². The lowest BCUT2D eigenvalue weighted by molar-refractivity contribution is -0.135. The van der Waals surface area contributed by atoms with Crippen LogP contribution in [0.15, 0.2) is 35.7 Å². The van der Waals surface area contributed by atoms with Gasteiger partial charge < -0.3 is 19.5 Å². The van der Waals surface area contributed by atoms with Gasteiger partial charge in [0.25, 0.3) is 5.91 Å². The molecule has 2 aromatic heterocycles. The van der Waals surface area contributed by atoms with Crippen molar-refractivity contribution in [1.82, 2.24) is 19.8 Å². The van der Waals surface area contributed by atoms with Crippen LogP contribution in [0, 0.1) is 11.8 Å². The SMILES string of the molecule is CCC(CC)n1c(Cc2cccs2)nc2cc(C(=O)N[C@@H](CC(C)C)C(=O)N3CCCC(COC)C3)ccc21. The lowest BCUT2D eigenvalue weighted by Crippen LogP contribution is -2.52. The molecule has 0 radical (unpaired) electrons. The summed E-state index contributed by atoms with van der Waals surface area (Å²) < 4.78 is 7.70. The van der Waals surface area contributed by atoms with Crippen molar-refractivity contribution in [2.75, 3.05) is 26.8 Å². The molecule has 8 heteroatoms. The molecule has 4 rings (SSSR count). The number of nitrogens with zero attached hydrogens (tertiary/aromatic N) is 3. The summed E-state index contributed by atoms with van der Waals surface area (Å²) in [5.41, 5.74) is 2.42. The van der Waals surface area contributed by atoms with Crippen LogP contribution in [0.5, 0.6) is 0 Å². The summed E-state index contributed by atoms with van der Waals surface area (Å²) in [6.45, 7) is 10.7. The normalized spacial score (nSPS) is 16.8. The van der Waals surface area contributed by atoms with Gasteiger partial charge >= 0.3 is 0 Å². The van der Waals surface area contributed by atoms with E-state index in [1.54, 1.807) is 18.4 Å². The summed E-state index contributed by atoms with van der Waals surface area (Å²) >= 11 is 1.74. The van der Waals surface area contributed by atoms with Gasteiger partial charge in [-0.3, -0.25) is 9.59 Å². The lowest BCUT2D eigenvalue weighted by Gasteiger charge is -2.35. The second kappa shape index (κ2) is 13.6. The second-order valence-corrected chi connectivity index (χ2v) is 12.3. The molecule has 39 heavy (non-hydrogen) atoms.